The minimum Gasteiger partial charge on any atom is -0.487 e. The Balaban J connectivity index is 1.49. The van der Waals surface area contributed by atoms with Gasteiger partial charge in [-0.15, -0.1) is 0 Å². The van der Waals surface area contributed by atoms with Gasteiger partial charge in [0, 0.05) is 28.1 Å². The predicted octanol–water partition coefficient (Wildman–Crippen LogP) is 6.70. The molecule has 0 bridgehead atoms. The highest BCUT2D eigenvalue weighted by atomic mass is 16.5. The number of fused-ring (bicyclic) bond motifs is 2. The predicted molar refractivity (Wildman–Crippen MR) is 149 cm³/mol. The first kappa shape index (κ1) is 24.4. The number of ether oxygens (including phenoxy) is 2. The first-order valence-electron chi connectivity index (χ1n) is 12.6. The molecule has 0 radical (unpaired) electrons. The van der Waals surface area contributed by atoms with E-state index >= 15 is 0 Å². The molecular formula is C31H31N3O3. The van der Waals surface area contributed by atoms with Crippen LogP contribution in [-0.4, -0.2) is 22.4 Å². The topological polar surface area (TPSA) is 79.4 Å². The average molecular weight is 494 g/mol. The van der Waals surface area contributed by atoms with E-state index in [1.807, 2.05) is 41.1 Å². The van der Waals surface area contributed by atoms with Crippen LogP contribution in [0, 0.1) is 0 Å². The van der Waals surface area contributed by atoms with E-state index < -0.39 is 0 Å². The SMILES string of the molecule is CCOC(=O)Cc1ccccc1OCc1nn(C(C)C)c2ccc(-c3ccc4c(N)cccc4c3)cc12. The molecule has 6 heteroatoms. The van der Waals surface area contributed by atoms with Gasteiger partial charge in [-0.2, -0.15) is 5.10 Å². The molecule has 0 saturated heterocycles. The number of nitrogens with two attached hydrogens (primary N) is 1. The van der Waals surface area contributed by atoms with Gasteiger partial charge in [-0.1, -0.05) is 48.5 Å². The van der Waals surface area contributed by atoms with E-state index in [0.717, 1.165) is 49.7 Å². The van der Waals surface area contributed by atoms with E-state index in [2.05, 4.69) is 56.3 Å². The summed E-state index contributed by atoms with van der Waals surface area (Å²) in [5.41, 5.74) is 11.8. The largest absolute Gasteiger partial charge is 0.487 e. The molecule has 0 saturated carbocycles. The molecule has 6 nitrogen and oxygen atoms in total. The highest BCUT2D eigenvalue weighted by Crippen LogP contribution is 2.32. The summed E-state index contributed by atoms with van der Waals surface area (Å²) in [6.07, 6.45) is 0.168. The molecule has 1 heterocycles. The van der Waals surface area contributed by atoms with Crippen molar-refractivity contribution < 1.29 is 14.3 Å². The van der Waals surface area contributed by atoms with Crippen LogP contribution in [0.3, 0.4) is 0 Å². The van der Waals surface area contributed by atoms with Crippen molar-refractivity contribution in [2.45, 2.75) is 39.8 Å². The van der Waals surface area contributed by atoms with E-state index in [0.29, 0.717) is 12.4 Å². The molecular weight excluding hydrogens is 462 g/mol. The van der Waals surface area contributed by atoms with E-state index in [-0.39, 0.29) is 25.0 Å². The minimum atomic E-state index is -0.269. The van der Waals surface area contributed by atoms with Crippen molar-refractivity contribution in [3.63, 3.8) is 0 Å². The van der Waals surface area contributed by atoms with Gasteiger partial charge in [0.2, 0.25) is 0 Å². The highest BCUT2D eigenvalue weighted by molar-refractivity contribution is 5.96. The molecule has 0 amide bonds. The number of benzene rings is 4. The molecule has 188 valence electrons. The summed E-state index contributed by atoms with van der Waals surface area (Å²) >= 11 is 0. The van der Waals surface area contributed by atoms with Gasteiger partial charge in [0.25, 0.3) is 0 Å². The van der Waals surface area contributed by atoms with Crippen molar-refractivity contribution in [1.29, 1.82) is 0 Å². The van der Waals surface area contributed by atoms with Crippen molar-refractivity contribution in [3.05, 3.63) is 90.1 Å². The molecule has 2 N–H and O–H groups in total. The smallest absolute Gasteiger partial charge is 0.310 e. The Morgan fingerprint density at radius 1 is 0.946 bits per heavy atom. The van der Waals surface area contributed by atoms with Crippen LogP contribution in [-0.2, 0) is 22.6 Å². The third-order valence-electron chi connectivity index (χ3n) is 6.50. The number of carbonyl (C=O) groups excluding carboxylic acids is 1. The summed E-state index contributed by atoms with van der Waals surface area (Å²) in [4.78, 5) is 12.1. The van der Waals surface area contributed by atoms with Gasteiger partial charge >= 0.3 is 5.97 Å². The van der Waals surface area contributed by atoms with Crippen LogP contribution < -0.4 is 10.5 Å². The monoisotopic (exact) mass is 493 g/mol. The molecule has 0 aliphatic heterocycles. The second-order valence-corrected chi connectivity index (χ2v) is 9.38. The van der Waals surface area contributed by atoms with Gasteiger partial charge < -0.3 is 15.2 Å². The van der Waals surface area contributed by atoms with Crippen LogP contribution in [0.15, 0.2) is 78.9 Å². The summed E-state index contributed by atoms with van der Waals surface area (Å²) < 4.78 is 13.4. The fourth-order valence-electron chi connectivity index (χ4n) is 4.68. The molecule has 0 atom stereocenters. The number of anilines is 1. The highest BCUT2D eigenvalue weighted by Gasteiger charge is 2.16. The Hall–Kier alpha value is -4.32. The molecule has 0 unspecified atom stereocenters. The lowest BCUT2D eigenvalue weighted by atomic mass is 9.99. The van der Waals surface area contributed by atoms with Crippen molar-refractivity contribution in [3.8, 4) is 16.9 Å². The Morgan fingerprint density at radius 3 is 2.54 bits per heavy atom. The quantitative estimate of drug-likeness (QED) is 0.192. The number of aromatic nitrogens is 2. The second-order valence-electron chi connectivity index (χ2n) is 9.38. The van der Waals surface area contributed by atoms with Crippen LogP contribution in [0.25, 0.3) is 32.8 Å². The molecule has 5 rings (SSSR count). The lowest BCUT2D eigenvalue weighted by Crippen LogP contribution is -2.09. The number of esters is 1. The zero-order valence-electron chi connectivity index (χ0n) is 21.4. The first-order chi connectivity index (χ1) is 17.9. The number of hydrogen-bond donors (Lipinski definition) is 1. The van der Waals surface area contributed by atoms with Crippen molar-refractivity contribution in [2.24, 2.45) is 0 Å². The molecule has 0 aliphatic carbocycles. The van der Waals surface area contributed by atoms with Crippen LogP contribution in [0.5, 0.6) is 5.75 Å². The number of para-hydroxylation sites is 1. The number of carbonyl (C=O) groups is 1. The summed E-state index contributed by atoms with van der Waals surface area (Å²) in [6, 6.07) is 26.5. The Kier molecular flexibility index (Phi) is 6.82. The first-order valence-corrected chi connectivity index (χ1v) is 12.6. The van der Waals surface area contributed by atoms with Crippen molar-refractivity contribution >= 4 is 33.3 Å². The molecule has 4 aromatic carbocycles. The zero-order valence-corrected chi connectivity index (χ0v) is 21.4. The molecule has 1 aromatic heterocycles. The molecule has 37 heavy (non-hydrogen) atoms. The third-order valence-corrected chi connectivity index (χ3v) is 6.50. The summed E-state index contributed by atoms with van der Waals surface area (Å²) in [7, 11) is 0. The molecule has 0 aliphatic rings. The standard InChI is InChI=1S/C31H31N3O3/c1-4-36-31(35)18-24-8-5-6-11-30(24)37-19-28-26-17-22(13-15-29(26)34(33-28)20(2)3)21-12-14-25-23(16-21)9-7-10-27(25)32/h5-17,20H,4,18-19,32H2,1-3H3. The molecule has 5 aromatic rings. The lowest BCUT2D eigenvalue weighted by molar-refractivity contribution is -0.142. The zero-order chi connectivity index (χ0) is 25.9. The van der Waals surface area contributed by atoms with Crippen molar-refractivity contribution in [1.82, 2.24) is 9.78 Å². The number of hydrogen-bond acceptors (Lipinski definition) is 5. The second kappa shape index (κ2) is 10.3. The van der Waals surface area contributed by atoms with Gasteiger partial charge in [0.05, 0.1) is 18.5 Å². The van der Waals surface area contributed by atoms with Gasteiger partial charge in [0.15, 0.2) is 0 Å². The summed E-state index contributed by atoms with van der Waals surface area (Å²) in [6.45, 7) is 6.68. The van der Waals surface area contributed by atoms with Gasteiger partial charge in [0.1, 0.15) is 18.1 Å². The van der Waals surface area contributed by atoms with Crippen LogP contribution in [0.2, 0.25) is 0 Å². The Bertz CT molecular complexity index is 1590. The maximum Gasteiger partial charge on any atom is 0.310 e. The Morgan fingerprint density at radius 2 is 1.73 bits per heavy atom. The van der Waals surface area contributed by atoms with Gasteiger partial charge in [-0.05, 0) is 67.6 Å². The van der Waals surface area contributed by atoms with Crippen LogP contribution >= 0.6 is 0 Å². The Labute approximate surface area is 216 Å². The van der Waals surface area contributed by atoms with Crippen LogP contribution in [0.1, 0.15) is 38.1 Å². The number of nitrogens with zero attached hydrogens (tertiary/aromatic N) is 2. The summed E-state index contributed by atoms with van der Waals surface area (Å²) in [5.74, 6) is 0.390. The fraction of sp³-hybridized carbons (Fsp3) is 0.226. The van der Waals surface area contributed by atoms with E-state index in [9.17, 15) is 4.79 Å². The van der Waals surface area contributed by atoms with Gasteiger partial charge in [-0.25, -0.2) is 0 Å². The third kappa shape index (κ3) is 5.00. The normalized spacial score (nSPS) is 11.4. The summed E-state index contributed by atoms with van der Waals surface area (Å²) in [5, 5.41) is 8.11. The van der Waals surface area contributed by atoms with E-state index in [4.69, 9.17) is 20.3 Å². The average Bonchev–Trinajstić information content (AvgIpc) is 3.26. The lowest BCUT2D eigenvalue weighted by Gasteiger charge is -2.11. The fourth-order valence-corrected chi connectivity index (χ4v) is 4.68. The number of nitrogen functional groups attached to an aromatic ring is 1. The molecule has 0 fully saturated rings. The minimum absolute atomic E-state index is 0.168. The van der Waals surface area contributed by atoms with E-state index in [1.165, 1.54) is 0 Å². The maximum atomic E-state index is 12.1. The number of rotatable bonds is 8. The van der Waals surface area contributed by atoms with E-state index in [1.54, 1.807) is 6.92 Å². The molecule has 0 spiro atoms. The van der Waals surface area contributed by atoms with Crippen molar-refractivity contribution in [2.75, 3.05) is 12.3 Å². The van der Waals surface area contributed by atoms with Crippen LogP contribution in [0.4, 0.5) is 5.69 Å². The maximum absolute atomic E-state index is 12.1. The van der Waals surface area contributed by atoms with Gasteiger partial charge in [-0.3, -0.25) is 9.48 Å².